The number of anilines is 2. The molecule has 1 fully saturated rings. The SMILES string of the molecule is N[C@H](Cc1cnc[nH]1)C(=O)Nc1ccc(N2CCOCC2=O)cc1. The molecule has 1 aromatic carbocycles. The Morgan fingerprint density at radius 2 is 2.21 bits per heavy atom. The third kappa shape index (κ3) is 3.79. The van der Waals surface area contributed by atoms with Gasteiger partial charge in [-0.15, -0.1) is 0 Å². The van der Waals surface area contributed by atoms with Gasteiger partial charge < -0.3 is 25.7 Å². The van der Waals surface area contributed by atoms with E-state index in [1.807, 2.05) is 0 Å². The molecule has 0 aliphatic carbocycles. The number of aromatic amines is 1. The number of nitrogens with one attached hydrogen (secondary N) is 2. The molecule has 1 aromatic heterocycles. The van der Waals surface area contributed by atoms with Gasteiger partial charge in [0.25, 0.3) is 5.91 Å². The molecule has 2 aromatic rings. The second-order valence-corrected chi connectivity index (χ2v) is 5.52. The number of H-pyrrole nitrogens is 1. The van der Waals surface area contributed by atoms with Crippen LogP contribution >= 0.6 is 0 Å². The summed E-state index contributed by atoms with van der Waals surface area (Å²) in [6.07, 6.45) is 3.57. The van der Waals surface area contributed by atoms with Crippen molar-refractivity contribution in [2.45, 2.75) is 12.5 Å². The number of morpholine rings is 1. The van der Waals surface area contributed by atoms with Crippen LogP contribution in [0.4, 0.5) is 11.4 Å². The van der Waals surface area contributed by atoms with Gasteiger partial charge in [-0.1, -0.05) is 0 Å². The number of benzene rings is 1. The van der Waals surface area contributed by atoms with Crippen molar-refractivity contribution >= 4 is 23.2 Å². The van der Waals surface area contributed by atoms with Gasteiger partial charge in [0.1, 0.15) is 6.61 Å². The van der Waals surface area contributed by atoms with E-state index in [1.54, 1.807) is 41.7 Å². The summed E-state index contributed by atoms with van der Waals surface area (Å²) in [5.41, 5.74) is 8.11. The van der Waals surface area contributed by atoms with Crippen molar-refractivity contribution in [2.24, 2.45) is 5.73 Å². The fourth-order valence-corrected chi connectivity index (χ4v) is 2.48. The molecule has 3 rings (SSSR count). The fraction of sp³-hybridized carbons (Fsp3) is 0.312. The van der Waals surface area contributed by atoms with E-state index in [4.69, 9.17) is 10.5 Å². The van der Waals surface area contributed by atoms with Crippen LogP contribution in [0.5, 0.6) is 0 Å². The summed E-state index contributed by atoms with van der Waals surface area (Å²) in [6, 6.07) is 6.40. The van der Waals surface area contributed by atoms with Gasteiger partial charge in [0.05, 0.1) is 19.0 Å². The highest BCUT2D eigenvalue weighted by Crippen LogP contribution is 2.19. The molecule has 2 heterocycles. The van der Waals surface area contributed by atoms with Gasteiger partial charge >= 0.3 is 0 Å². The van der Waals surface area contributed by atoms with Crippen molar-refractivity contribution in [3.05, 3.63) is 42.5 Å². The fourth-order valence-electron chi connectivity index (χ4n) is 2.48. The second-order valence-electron chi connectivity index (χ2n) is 5.52. The van der Waals surface area contributed by atoms with Crippen LogP contribution < -0.4 is 16.0 Å². The maximum atomic E-state index is 12.1. The molecule has 1 atom stereocenters. The molecule has 1 aliphatic rings. The smallest absolute Gasteiger partial charge is 0.253 e. The van der Waals surface area contributed by atoms with Gasteiger partial charge in [-0.3, -0.25) is 9.59 Å². The first-order valence-corrected chi connectivity index (χ1v) is 7.65. The van der Waals surface area contributed by atoms with Gasteiger partial charge in [0.15, 0.2) is 0 Å². The third-order valence-corrected chi connectivity index (χ3v) is 3.76. The van der Waals surface area contributed by atoms with Crippen molar-refractivity contribution in [1.29, 1.82) is 0 Å². The number of ether oxygens (including phenoxy) is 1. The van der Waals surface area contributed by atoms with Crippen LogP contribution in [0.25, 0.3) is 0 Å². The van der Waals surface area contributed by atoms with Crippen molar-refractivity contribution in [1.82, 2.24) is 9.97 Å². The number of rotatable bonds is 5. The van der Waals surface area contributed by atoms with Gasteiger partial charge in [-0.25, -0.2) is 4.98 Å². The van der Waals surface area contributed by atoms with E-state index in [0.29, 0.717) is 25.3 Å². The minimum atomic E-state index is -0.675. The van der Waals surface area contributed by atoms with Crippen molar-refractivity contribution in [3.8, 4) is 0 Å². The Morgan fingerprint density at radius 1 is 1.42 bits per heavy atom. The molecule has 0 unspecified atom stereocenters. The van der Waals surface area contributed by atoms with Crippen LogP contribution in [0.2, 0.25) is 0 Å². The van der Waals surface area contributed by atoms with E-state index < -0.39 is 6.04 Å². The first-order valence-electron chi connectivity index (χ1n) is 7.65. The molecule has 24 heavy (non-hydrogen) atoms. The van der Waals surface area contributed by atoms with Crippen LogP contribution in [0.15, 0.2) is 36.8 Å². The number of aromatic nitrogens is 2. The third-order valence-electron chi connectivity index (χ3n) is 3.76. The average molecular weight is 329 g/mol. The molecule has 0 spiro atoms. The molecule has 126 valence electrons. The maximum Gasteiger partial charge on any atom is 0.253 e. The lowest BCUT2D eigenvalue weighted by atomic mass is 10.1. The Bertz CT molecular complexity index is 699. The lowest BCUT2D eigenvalue weighted by Crippen LogP contribution is -2.41. The maximum absolute atomic E-state index is 12.1. The summed E-state index contributed by atoms with van der Waals surface area (Å²) in [7, 11) is 0. The van der Waals surface area contributed by atoms with E-state index in [0.717, 1.165) is 11.4 Å². The molecule has 2 amide bonds. The number of nitrogens with two attached hydrogens (primary N) is 1. The van der Waals surface area contributed by atoms with E-state index in [2.05, 4.69) is 15.3 Å². The van der Waals surface area contributed by atoms with Crippen molar-refractivity contribution in [3.63, 3.8) is 0 Å². The molecule has 4 N–H and O–H groups in total. The zero-order valence-electron chi connectivity index (χ0n) is 13.1. The molecule has 0 saturated carbocycles. The molecule has 1 saturated heterocycles. The molecule has 8 nitrogen and oxygen atoms in total. The monoisotopic (exact) mass is 329 g/mol. The van der Waals surface area contributed by atoms with Crippen LogP contribution in [0.3, 0.4) is 0 Å². The molecular formula is C16H19N5O3. The van der Waals surface area contributed by atoms with Crippen molar-refractivity contribution < 1.29 is 14.3 Å². The van der Waals surface area contributed by atoms with E-state index in [9.17, 15) is 9.59 Å². The molecule has 8 heteroatoms. The quantitative estimate of drug-likeness (QED) is 0.729. The van der Waals surface area contributed by atoms with Gasteiger partial charge in [0.2, 0.25) is 5.91 Å². The molecule has 1 aliphatic heterocycles. The van der Waals surface area contributed by atoms with Gasteiger partial charge in [-0.05, 0) is 24.3 Å². The summed E-state index contributed by atoms with van der Waals surface area (Å²) in [5.74, 6) is -0.348. The van der Waals surface area contributed by atoms with Crippen LogP contribution in [0, 0.1) is 0 Å². The normalized spacial score (nSPS) is 16.0. The Balaban J connectivity index is 1.59. The molecule has 0 radical (unpaired) electrons. The number of amides is 2. The molecular weight excluding hydrogens is 310 g/mol. The Kier molecular flexibility index (Phi) is 4.88. The standard InChI is InChI=1S/C16H19N5O3/c17-14(7-12-8-18-10-19-12)16(23)20-11-1-3-13(4-2-11)21-5-6-24-9-15(21)22/h1-4,8,10,14H,5-7,9,17H2,(H,18,19)(H,20,23)/t14-/m1/s1. The highest BCUT2D eigenvalue weighted by molar-refractivity contribution is 5.96. The van der Waals surface area contributed by atoms with E-state index >= 15 is 0 Å². The predicted molar refractivity (Wildman–Crippen MR) is 88.5 cm³/mol. The largest absolute Gasteiger partial charge is 0.370 e. The Labute approximate surface area is 139 Å². The van der Waals surface area contributed by atoms with Crippen molar-refractivity contribution in [2.75, 3.05) is 30.0 Å². The summed E-state index contributed by atoms with van der Waals surface area (Å²) in [5, 5.41) is 2.77. The van der Waals surface area contributed by atoms with E-state index in [-0.39, 0.29) is 18.4 Å². The highest BCUT2D eigenvalue weighted by Gasteiger charge is 2.20. The van der Waals surface area contributed by atoms with E-state index in [1.165, 1.54) is 0 Å². The Morgan fingerprint density at radius 3 is 2.88 bits per heavy atom. The number of carbonyl (C=O) groups is 2. The van der Waals surface area contributed by atoms with Crippen LogP contribution in [-0.2, 0) is 20.7 Å². The first-order chi connectivity index (χ1) is 11.6. The minimum Gasteiger partial charge on any atom is -0.370 e. The number of hydrogen-bond acceptors (Lipinski definition) is 5. The highest BCUT2D eigenvalue weighted by atomic mass is 16.5. The minimum absolute atomic E-state index is 0.0698. The summed E-state index contributed by atoms with van der Waals surface area (Å²) in [4.78, 5) is 32.4. The number of carbonyl (C=O) groups excluding carboxylic acids is 2. The Hall–Kier alpha value is -2.71. The zero-order valence-corrected chi connectivity index (χ0v) is 13.1. The predicted octanol–water partition coefficient (Wildman–Crippen LogP) is 0.281. The zero-order chi connectivity index (χ0) is 16.9. The first kappa shape index (κ1) is 16.2. The van der Waals surface area contributed by atoms with Gasteiger partial charge in [-0.2, -0.15) is 0 Å². The molecule has 0 bridgehead atoms. The number of imidazole rings is 1. The summed E-state index contributed by atoms with van der Waals surface area (Å²) < 4.78 is 5.11. The van der Waals surface area contributed by atoms with Crippen LogP contribution in [-0.4, -0.2) is 47.6 Å². The summed E-state index contributed by atoms with van der Waals surface area (Å²) >= 11 is 0. The second kappa shape index (κ2) is 7.24. The lowest BCUT2D eigenvalue weighted by Gasteiger charge is -2.27. The average Bonchev–Trinajstić information content (AvgIpc) is 3.09. The number of nitrogens with zero attached hydrogens (tertiary/aromatic N) is 2. The van der Waals surface area contributed by atoms with Crippen LogP contribution in [0.1, 0.15) is 5.69 Å². The summed E-state index contributed by atoms with van der Waals surface area (Å²) in [6.45, 7) is 1.15. The topological polar surface area (TPSA) is 113 Å². The van der Waals surface area contributed by atoms with Gasteiger partial charge in [0, 0.05) is 36.2 Å². The lowest BCUT2D eigenvalue weighted by molar-refractivity contribution is -0.125. The number of hydrogen-bond donors (Lipinski definition) is 3.